The van der Waals surface area contributed by atoms with Gasteiger partial charge in [-0.1, -0.05) is 18.2 Å². The largest absolute Gasteiger partial charge is 0.454 e. The maximum atomic E-state index is 12.9. The number of nitrogens with one attached hydrogen (secondary N) is 1. The molecule has 1 heterocycles. The fourth-order valence-electron chi connectivity index (χ4n) is 3.22. The van der Waals surface area contributed by atoms with Crippen molar-refractivity contribution < 1.29 is 19.1 Å². The first-order valence-corrected chi connectivity index (χ1v) is 9.11. The van der Waals surface area contributed by atoms with Crippen molar-refractivity contribution in [3.05, 3.63) is 53.6 Å². The van der Waals surface area contributed by atoms with E-state index in [9.17, 15) is 9.59 Å². The van der Waals surface area contributed by atoms with Crippen LogP contribution in [0.3, 0.4) is 0 Å². The van der Waals surface area contributed by atoms with Crippen LogP contribution in [-0.4, -0.2) is 25.7 Å². The van der Waals surface area contributed by atoms with Gasteiger partial charge in [-0.05, 0) is 49.6 Å². The van der Waals surface area contributed by atoms with Gasteiger partial charge in [-0.15, -0.1) is 0 Å². The number of nitrogens with zero attached hydrogens (tertiary/aromatic N) is 1. The summed E-state index contributed by atoms with van der Waals surface area (Å²) in [5, 5.41) is 3.01. The molecule has 1 aliphatic heterocycles. The molecule has 0 spiro atoms. The van der Waals surface area contributed by atoms with Gasteiger partial charge < -0.3 is 19.7 Å². The van der Waals surface area contributed by atoms with Crippen molar-refractivity contribution in [3.63, 3.8) is 0 Å². The minimum Gasteiger partial charge on any atom is -0.454 e. The number of anilines is 1. The third-order valence-electron chi connectivity index (χ3n) is 5.01. The fourth-order valence-corrected chi connectivity index (χ4v) is 3.22. The Morgan fingerprint density at radius 1 is 1.11 bits per heavy atom. The molecule has 2 aromatic carbocycles. The highest BCUT2D eigenvalue weighted by Gasteiger charge is 2.33. The van der Waals surface area contributed by atoms with E-state index in [1.54, 1.807) is 30.1 Å². The summed E-state index contributed by atoms with van der Waals surface area (Å²) >= 11 is 0. The van der Waals surface area contributed by atoms with Crippen LogP contribution < -0.4 is 19.7 Å². The van der Waals surface area contributed by atoms with Crippen molar-refractivity contribution in [2.75, 3.05) is 18.7 Å². The topological polar surface area (TPSA) is 67.9 Å². The Morgan fingerprint density at radius 3 is 2.63 bits per heavy atom. The average molecular weight is 366 g/mol. The lowest BCUT2D eigenvalue weighted by atomic mass is 10.1. The molecule has 1 fully saturated rings. The van der Waals surface area contributed by atoms with E-state index in [2.05, 4.69) is 5.32 Å². The molecule has 6 heteroatoms. The molecule has 4 rings (SSSR count). The highest BCUT2D eigenvalue weighted by Crippen LogP contribution is 2.35. The number of hydrogen-bond acceptors (Lipinski definition) is 4. The summed E-state index contributed by atoms with van der Waals surface area (Å²) in [6.07, 6.45) is 1.86. The van der Waals surface area contributed by atoms with E-state index < -0.39 is 0 Å². The van der Waals surface area contributed by atoms with Crippen LogP contribution in [0.2, 0.25) is 0 Å². The van der Waals surface area contributed by atoms with Crippen molar-refractivity contribution in [2.24, 2.45) is 5.92 Å². The van der Waals surface area contributed by atoms with Gasteiger partial charge in [0.1, 0.15) is 0 Å². The number of fused-ring (bicyclic) bond motifs is 1. The quantitative estimate of drug-likeness (QED) is 0.882. The van der Waals surface area contributed by atoms with Gasteiger partial charge in [0.25, 0.3) is 5.91 Å². The van der Waals surface area contributed by atoms with Crippen LogP contribution in [-0.2, 0) is 4.79 Å². The smallest absolute Gasteiger partial charge is 0.253 e. The summed E-state index contributed by atoms with van der Waals surface area (Å²) in [7, 11) is 1.73. The lowest BCUT2D eigenvalue weighted by Gasteiger charge is -2.21. The molecule has 6 nitrogen and oxygen atoms in total. The normalized spacial score (nSPS) is 15.9. The molecule has 2 aromatic rings. The monoisotopic (exact) mass is 366 g/mol. The number of benzene rings is 2. The Kier molecular flexibility index (Phi) is 4.48. The van der Waals surface area contributed by atoms with E-state index in [1.165, 1.54) is 0 Å². The van der Waals surface area contributed by atoms with E-state index in [1.807, 2.05) is 31.2 Å². The third-order valence-corrected chi connectivity index (χ3v) is 5.01. The van der Waals surface area contributed by atoms with Crippen LogP contribution in [0.15, 0.2) is 42.5 Å². The van der Waals surface area contributed by atoms with Gasteiger partial charge in [0, 0.05) is 13.0 Å². The molecule has 27 heavy (non-hydrogen) atoms. The Labute approximate surface area is 158 Å². The summed E-state index contributed by atoms with van der Waals surface area (Å²) < 4.78 is 10.7. The molecule has 1 aliphatic carbocycles. The Bertz CT molecular complexity index is 892. The Morgan fingerprint density at radius 2 is 1.85 bits per heavy atom. The zero-order valence-corrected chi connectivity index (χ0v) is 15.4. The predicted molar refractivity (Wildman–Crippen MR) is 101 cm³/mol. The van der Waals surface area contributed by atoms with Crippen molar-refractivity contribution in [2.45, 2.75) is 25.8 Å². The fraction of sp³-hybridized carbons (Fsp3) is 0.333. The lowest BCUT2D eigenvalue weighted by molar-refractivity contribution is -0.119. The van der Waals surface area contributed by atoms with Crippen LogP contribution in [0.5, 0.6) is 11.5 Å². The van der Waals surface area contributed by atoms with E-state index in [-0.39, 0.29) is 30.6 Å². The van der Waals surface area contributed by atoms with Gasteiger partial charge in [-0.3, -0.25) is 9.59 Å². The van der Waals surface area contributed by atoms with Crippen molar-refractivity contribution in [3.8, 4) is 11.5 Å². The Balaban J connectivity index is 1.52. The van der Waals surface area contributed by atoms with E-state index in [0.29, 0.717) is 22.7 Å². The minimum atomic E-state index is -0.218. The number of rotatable bonds is 5. The molecule has 1 atom stereocenters. The maximum absolute atomic E-state index is 12.9. The number of amides is 2. The zero-order chi connectivity index (χ0) is 19.0. The molecule has 2 amide bonds. The predicted octanol–water partition coefficient (Wildman–Crippen LogP) is 3.28. The summed E-state index contributed by atoms with van der Waals surface area (Å²) in [5.41, 5.74) is 2.04. The van der Waals surface area contributed by atoms with Gasteiger partial charge in [0.2, 0.25) is 12.7 Å². The van der Waals surface area contributed by atoms with Crippen LogP contribution in [0.1, 0.15) is 41.7 Å². The third kappa shape index (κ3) is 3.47. The van der Waals surface area contributed by atoms with Crippen LogP contribution >= 0.6 is 0 Å². The molecule has 0 radical (unpaired) electrons. The lowest BCUT2D eigenvalue weighted by Crippen LogP contribution is -2.32. The van der Waals surface area contributed by atoms with E-state index >= 15 is 0 Å². The number of para-hydroxylation sites is 1. The molecule has 2 aliphatic rings. The zero-order valence-electron chi connectivity index (χ0n) is 15.4. The molecule has 1 N–H and O–H groups in total. The molecular weight excluding hydrogens is 344 g/mol. The molecular formula is C21H22N2O4. The minimum absolute atomic E-state index is 0.0686. The van der Waals surface area contributed by atoms with Gasteiger partial charge in [0.05, 0.1) is 17.3 Å². The van der Waals surface area contributed by atoms with Gasteiger partial charge >= 0.3 is 0 Å². The molecule has 1 unspecified atom stereocenters. The number of carbonyl (C=O) groups excluding carboxylic acids is 2. The van der Waals surface area contributed by atoms with Crippen LogP contribution in [0, 0.1) is 5.92 Å². The first kappa shape index (κ1) is 17.4. The van der Waals surface area contributed by atoms with Gasteiger partial charge in [-0.25, -0.2) is 0 Å². The number of hydrogen-bond donors (Lipinski definition) is 1. The van der Waals surface area contributed by atoms with Gasteiger partial charge in [-0.2, -0.15) is 0 Å². The van der Waals surface area contributed by atoms with Crippen LogP contribution in [0.4, 0.5) is 5.69 Å². The second-order valence-electron chi connectivity index (χ2n) is 7.00. The van der Waals surface area contributed by atoms with E-state index in [4.69, 9.17) is 9.47 Å². The summed E-state index contributed by atoms with van der Waals surface area (Å²) in [5.74, 6) is 1.34. The average Bonchev–Trinajstić information content (AvgIpc) is 3.43. The summed E-state index contributed by atoms with van der Waals surface area (Å²) in [6, 6.07) is 12.6. The van der Waals surface area contributed by atoms with Crippen LogP contribution in [0.25, 0.3) is 0 Å². The first-order valence-electron chi connectivity index (χ1n) is 9.11. The molecule has 1 saturated carbocycles. The highest BCUT2D eigenvalue weighted by molar-refractivity contribution is 6.05. The number of ether oxygens (including phenoxy) is 2. The first-order chi connectivity index (χ1) is 13.0. The molecule has 0 aromatic heterocycles. The van der Waals surface area contributed by atoms with Gasteiger partial charge in [0.15, 0.2) is 11.5 Å². The van der Waals surface area contributed by atoms with Crippen molar-refractivity contribution >= 4 is 17.5 Å². The summed E-state index contributed by atoms with van der Waals surface area (Å²) in [6.45, 7) is 2.13. The van der Waals surface area contributed by atoms with Crippen molar-refractivity contribution in [1.82, 2.24) is 5.32 Å². The summed E-state index contributed by atoms with van der Waals surface area (Å²) in [4.78, 5) is 26.9. The molecule has 0 bridgehead atoms. The Hall–Kier alpha value is -3.02. The second-order valence-corrected chi connectivity index (χ2v) is 7.00. The highest BCUT2D eigenvalue weighted by atomic mass is 16.7. The SMILES string of the molecule is CC(NC(=O)c1ccccc1N(C)C(=O)C1CC1)c1ccc2c(c1)OCO2. The standard InChI is InChI=1S/C21H22N2O4/c1-13(15-9-10-18-19(11-15)27-12-26-18)22-20(24)16-5-3-4-6-17(16)23(2)21(25)14-7-8-14/h3-6,9-11,13-14H,7-8,12H2,1-2H3,(H,22,24). The number of carbonyl (C=O) groups is 2. The maximum Gasteiger partial charge on any atom is 0.253 e. The molecule has 0 saturated heterocycles. The second kappa shape index (κ2) is 6.95. The van der Waals surface area contributed by atoms with Crippen molar-refractivity contribution in [1.29, 1.82) is 0 Å². The van der Waals surface area contributed by atoms with E-state index in [0.717, 1.165) is 18.4 Å². The molecule has 140 valence electrons.